The van der Waals surface area contributed by atoms with E-state index in [0.717, 1.165) is 16.7 Å². The van der Waals surface area contributed by atoms with Crippen molar-refractivity contribution >= 4 is 5.97 Å². The number of hydrogen-bond donors (Lipinski definition) is 1. The van der Waals surface area contributed by atoms with Crippen molar-refractivity contribution in [3.63, 3.8) is 0 Å². The summed E-state index contributed by atoms with van der Waals surface area (Å²) >= 11 is 0. The molecule has 0 fully saturated rings. The van der Waals surface area contributed by atoms with Gasteiger partial charge in [0.15, 0.2) is 5.69 Å². The molecule has 0 aliphatic heterocycles. The third-order valence-corrected chi connectivity index (χ3v) is 3.46. The Bertz CT molecular complexity index is 874. The lowest BCUT2D eigenvalue weighted by molar-refractivity contribution is 0.0601. The lowest BCUT2D eigenvalue weighted by Gasteiger charge is -2.04. The Hall–Kier alpha value is -3.46. The minimum Gasteiger partial charge on any atom is -0.465 e. The lowest BCUT2D eigenvalue weighted by Crippen LogP contribution is -2.00. The number of nitriles is 1. The smallest absolute Gasteiger partial charge is 0.337 e. The Balaban J connectivity index is 1.88. The first-order valence-electron chi connectivity index (χ1n) is 6.83. The average molecular weight is 304 g/mol. The van der Waals surface area contributed by atoms with Gasteiger partial charge in [-0.05, 0) is 23.3 Å². The van der Waals surface area contributed by atoms with Crippen molar-refractivity contribution in [1.29, 1.82) is 5.26 Å². The Labute approximate surface area is 132 Å². The molecule has 23 heavy (non-hydrogen) atoms. The van der Waals surface area contributed by atoms with E-state index < -0.39 is 0 Å². The molecule has 1 N–H and O–H groups in total. The summed E-state index contributed by atoms with van der Waals surface area (Å²) in [7, 11) is 1.36. The van der Waals surface area contributed by atoms with Crippen LogP contribution < -0.4 is 0 Å². The summed E-state index contributed by atoms with van der Waals surface area (Å²) in [4.78, 5) is 11.4. The second-order valence-electron chi connectivity index (χ2n) is 4.79. The number of carbonyl (C=O) groups excluding carboxylic acids is 1. The molecule has 3 rings (SSSR count). The van der Waals surface area contributed by atoms with E-state index in [-0.39, 0.29) is 5.97 Å². The van der Waals surface area contributed by atoms with Crippen LogP contribution >= 0.6 is 0 Å². The van der Waals surface area contributed by atoms with Gasteiger partial charge in [0.25, 0.3) is 0 Å². The van der Waals surface area contributed by atoms with Crippen LogP contribution in [0.4, 0.5) is 0 Å². The van der Waals surface area contributed by atoms with Crippen molar-refractivity contribution in [2.75, 3.05) is 7.11 Å². The predicted molar refractivity (Wildman–Crippen MR) is 83.3 cm³/mol. The topological polar surface area (TPSA) is 91.7 Å². The van der Waals surface area contributed by atoms with Gasteiger partial charge in [0, 0.05) is 5.56 Å². The van der Waals surface area contributed by atoms with Crippen LogP contribution in [0.3, 0.4) is 0 Å². The summed E-state index contributed by atoms with van der Waals surface area (Å²) in [6, 6.07) is 16.8. The largest absolute Gasteiger partial charge is 0.465 e. The maximum atomic E-state index is 11.4. The van der Waals surface area contributed by atoms with Gasteiger partial charge in [-0.15, -0.1) is 5.10 Å². The van der Waals surface area contributed by atoms with Crippen LogP contribution in [0.2, 0.25) is 0 Å². The van der Waals surface area contributed by atoms with E-state index in [1.54, 1.807) is 12.1 Å². The maximum absolute atomic E-state index is 11.4. The number of H-pyrrole nitrogens is 1. The number of hydrogen-bond acceptors (Lipinski definition) is 5. The molecule has 0 aliphatic rings. The van der Waals surface area contributed by atoms with Crippen LogP contribution in [0.15, 0.2) is 48.5 Å². The van der Waals surface area contributed by atoms with E-state index >= 15 is 0 Å². The van der Waals surface area contributed by atoms with Crippen LogP contribution in [-0.2, 0) is 4.74 Å². The van der Waals surface area contributed by atoms with Gasteiger partial charge in [-0.1, -0.05) is 41.6 Å². The Morgan fingerprint density at radius 2 is 1.61 bits per heavy atom. The zero-order valence-electron chi connectivity index (χ0n) is 12.3. The first-order chi connectivity index (χ1) is 11.2. The van der Waals surface area contributed by atoms with Gasteiger partial charge in [-0.3, -0.25) is 0 Å². The number of aromatic nitrogens is 3. The Morgan fingerprint density at radius 3 is 2.17 bits per heavy atom. The lowest BCUT2D eigenvalue weighted by atomic mass is 10.0. The molecule has 0 saturated carbocycles. The van der Waals surface area contributed by atoms with Gasteiger partial charge in [0.05, 0.1) is 12.7 Å². The zero-order chi connectivity index (χ0) is 16.2. The predicted octanol–water partition coefficient (Wildman–Crippen LogP) is 2.80. The molecular formula is C17H12N4O2. The SMILES string of the molecule is COC(=O)c1ccc(-c2ccc(-c3nn[nH]c3C#N)cc2)cc1. The third kappa shape index (κ3) is 2.80. The second-order valence-corrected chi connectivity index (χ2v) is 4.79. The van der Waals surface area contributed by atoms with Crippen LogP contribution in [0, 0.1) is 11.3 Å². The molecule has 0 radical (unpaired) electrons. The van der Waals surface area contributed by atoms with E-state index in [2.05, 4.69) is 20.1 Å². The summed E-state index contributed by atoms with van der Waals surface area (Å²) in [5.74, 6) is -0.359. The first-order valence-corrected chi connectivity index (χ1v) is 6.83. The minimum absolute atomic E-state index is 0.334. The number of rotatable bonds is 3. The van der Waals surface area contributed by atoms with E-state index in [1.165, 1.54) is 7.11 Å². The molecule has 6 nitrogen and oxygen atoms in total. The van der Waals surface area contributed by atoms with Crippen molar-refractivity contribution in [1.82, 2.24) is 15.4 Å². The summed E-state index contributed by atoms with van der Waals surface area (Å²) in [6.07, 6.45) is 0. The third-order valence-electron chi connectivity index (χ3n) is 3.46. The number of benzene rings is 2. The number of nitrogens with zero attached hydrogens (tertiary/aromatic N) is 3. The van der Waals surface area contributed by atoms with Crippen LogP contribution in [0.1, 0.15) is 16.1 Å². The van der Waals surface area contributed by atoms with Gasteiger partial charge in [-0.25, -0.2) is 9.89 Å². The standard InChI is InChI=1S/C17H12N4O2/c1-23-17(22)14-8-4-12(5-9-14)11-2-6-13(7-3-11)16-15(10-18)19-21-20-16/h2-9H,1H3,(H,19,20,21). The van der Waals surface area contributed by atoms with Crippen LogP contribution in [0.5, 0.6) is 0 Å². The molecule has 0 spiro atoms. The monoisotopic (exact) mass is 304 g/mol. The molecule has 0 atom stereocenters. The van der Waals surface area contributed by atoms with Crippen molar-refractivity contribution in [3.8, 4) is 28.5 Å². The quantitative estimate of drug-likeness (QED) is 0.751. The van der Waals surface area contributed by atoms with Crippen LogP contribution in [-0.4, -0.2) is 28.5 Å². The second kappa shape index (κ2) is 6.12. The number of methoxy groups -OCH3 is 1. The van der Waals surface area contributed by atoms with Gasteiger partial charge in [0.2, 0.25) is 0 Å². The molecule has 0 saturated heterocycles. The van der Waals surface area contributed by atoms with Crippen molar-refractivity contribution in [2.24, 2.45) is 0 Å². The van der Waals surface area contributed by atoms with Gasteiger partial charge in [-0.2, -0.15) is 5.26 Å². The molecule has 1 aromatic heterocycles. The normalized spacial score (nSPS) is 10.1. The molecule has 6 heteroatoms. The summed E-state index contributed by atoms with van der Waals surface area (Å²) in [5, 5.41) is 19.1. The molecule has 0 amide bonds. The Kier molecular flexibility index (Phi) is 3.85. The zero-order valence-corrected chi connectivity index (χ0v) is 12.3. The molecule has 112 valence electrons. The van der Waals surface area contributed by atoms with Gasteiger partial charge >= 0.3 is 5.97 Å². The van der Waals surface area contributed by atoms with Crippen molar-refractivity contribution in [3.05, 3.63) is 59.8 Å². The highest BCUT2D eigenvalue weighted by atomic mass is 16.5. The fourth-order valence-electron chi connectivity index (χ4n) is 2.25. The molecule has 1 heterocycles. The average Bonchev–Trinajstić information content (AvgIpc) is 3.10. The van der Waals surface area contributed by atoms with Gasteiger partial charge in [0.1, 0.15) is 11.8 Å². The maximum Gasteiger partial charge on any atom is 0.337 e. The van der Waals surface area contributed by atoms with E-state index in [4.69, 9.17) is 5.26 Å². The molecule has 0 unspecified atom stereocenters. The summed E-state index contributed by atoms with van der Waals surface area (Å²) < 4.78 is 4.68. The van der Waals surface area contributed by atoms with Crippen molar-refractivity contribution in [2.45, 2.75) is 0 Å². The number of aromatic amines is 1. The van der Waals surface area contributed by atoms with Crippen LogP contribution in [0.25, 0.3) is 22.4 Å². The summed E-state index contributed by atoms with van der Waals surface area (Å²) in [6.45, 7) is 0. The highest BCUT2D eigenvalue weighted by Crippen LogP contribution is 2.25. The van der Waals surface area contributed by atoms with E-state index in [1.807, 2.05) is 42.5 Å². The fourth-order valence-corrected chi connectivity index (χ4v) is 2.25. The molecule has 0 aliphatic carbocycles. The highest BCUT2D eigenvalue weighted by Gasteiger charge is 2.10. The Morgan fingerprint density at radius 1 is 1.04 bits per heavy atom. The molecule has 3 aromatic rings. The van der Waals surface area contributed by atoms with E-state index in [0.29, 0.717) is 17.0 Å². The summed E-state index contributed by atoms with van der Waals surface area (Å²) in [5.41, 5.74) is 4.15. The number of carbonyl (C=O) groups is 1. The first kappa shape index (κ1) is 14.5. The van der Waals surface area contributed by atoms with Gasteiger partial charge < -0.3 is 4.74 Å². The number of nitrogens with one attached hydrogen (secondary N) is 1. The molecule has 2 aromatic carbocycles. The fraction of sp³-hybridized carbons (Fsp3) is 0.0588. The molecular weight excluding hydrogens is 292 g/mol. The molecule has 0 bridgehead atoms. The number of esters is 1. The highest BCUT2D eigenvalue weighted by molar-refractivity contribution is 5.90. The van der Waals surface area contributed by atoms with E-state index in [9.17, 15) is 4.79 Å². The van der Waals surface area contributed by atoms with Crippen molar-refractivity contribution < 1.29 is 9.53 Å². The number of ether oxygens (including phenoxy) is 1. The minimum atomic E-state index is -0.359.